The van der Waals surface area contributed by atoms with E-state index in [9.17, 15) is 14.9 Å². The molecule has 0 aliphatic carbocycles. The van der Waals surface area contributed by atoms with Crippen molar-refractivity contribution in [2.24, 2.45) is 0 Å². The topological polar surface area (TPSA) is 97.2 Å². The number of pyridine rings is 1. The number of nitrogens with one attached hydrogen (secondary N) is 2. The number of hydrogen-bond donors (Lipinski definition) is 2. The number of carbonyl (C=O) groups excluding carboxylic acids is 1. The average Bonchev–Trinajstić information content (AvgIpc) is 2.69. The lowest BCUT2D eigenvalue weighted by Crippen LogP contribution is -2.14. The Morgan fingerprint density at radius 3 is 2.68 bits per heavy atom. The van der Waals surface area contributed by atoms with E-state index in [0.717, 1.165) is 11.1 Å². The molecule has 2 aromatic carbocycles. The molecule has 0 aliphatic rings. The summed E-state index contributed by atoms with van der Waals surface area (Å²) in [6.07, 6.45) is 1.56. The molecule has 3 aromatic rings. The molecular formula is C20H17ClN4O3. The number of nitro benzene ring substituents is 1. The van der Waals surface area contributed by atoms with E-state index in [1.165, 1.54) is 18.2 Å². The van der Waals surface area contributed by atoms with E-state index in [-0.39, 0.29) is 11.3 Å². The molecule has 8 heteroatoms. The maximum absolute atomic E-state index is 12.5. The molecule has 0 spiro atoms. The zero-order valence-corrected chi connectivity index (χ0v) is 15.7. The molecule has 0 atom stereocenters. The fraction of sp³-hybridized carbons (Fsp3) is 0.100. The fourth-order valence-electron chi connectivity index (χ4n) is 2.60. The Kier molecular flexibility index (Phi) is 5.86. The number of carbonyl (C=O) groups is 1. The number of aryl methyl sites for hydroxylation is 1. The SMILES string of the molecule is Cc1cccnc1NC(=O)c1ccc(NCc2ccccc2Cl)c([N+](=O)[O-])c1. The molecule has 7 nitrogen and oxygen atoms in total. The third-order valence-corrected chi connectivity index (χ3v) is 4.49. The Morgan fingerprint density at radius 1 is 1.18 bits per heavy atom. The summed E-state index contributed by atoms with van der Waals surface area (Å²) in [5, 5.41) is 17.7. The Hall–Kier alpha value is -3.45. The Bertz CT molecular complexity index is 1040. The number of hydrogen-bond acceptors (Lipinski definition) is 5. The second kappa shape index (κ2) is 8.49. The first-order chi connectivity index (χ1) is 13.5. The van der Waals surface area contributed by atoms with Crippen LogP contribution in [0.4, 0.5) is 17.2 Å². The molecule has 1 heterocycles. The van der Waals surface area contributed by atoms with E-state index >= 15 is 0 Å². The molecule has 0 bridgehead atoms. The minimum absolute atomic E-state index is 0.167. The van der Waals surface area contributed by atoms with Gasteiger partial charge in [0.15, 0.2) is 0 Å². The second-order valence-electron chi connectivity index (χ2n) is 6.06. The summed E-state index contributed by atoms with van der Waals surface area (Å²) in [5.74, 6) is -0.0568. The summed E-state index contributed by atoms with van der Waals surface area (Å²) in [6, 6.07) is 15.1. The minimum atomic E-state index is -0.530. The van der Waals surface area contributed by atoms with Crippen LogP contribution in [0.25, 0.3) is 0 Å². The van der Waals surface area contributed by atoms with Crippen LogP contribution in [0.1, 0.15) is 21.5 Å². The Balaban J connectivity index is 1.81. The number of amides is 1. The van der Waals surface area contributed by atoms with Gasteiger partial charge in [-0.1, -0.05) is 35.9 Å². The molecule has 1 aromatic heterocycles. The predicted molar refractivity (Wildman–Crippen MR) is 109 cm³/mol. The predicted octanol–water partition coefficient (Wildman–Crippen LogP) is 4.82. The smallest absolute Gasteiger partial charge is 0.293 e. The van der Waals surface area contributed by atoms with Crippen molar-refractivity contribution in [3.63, 3.8) is 0 Å². The Morgan fingerprint density at radius 2 is 1.96 bits per heavy atom. The van der Waals surface area contributed by atoms with Gasteiger partial charge in [0.05, 0.1) is 4.92 Å². The van der Waals surface area contributed by atoms with Crippen LogP contribution >= 0.6 is 11.6 Å². The van der Waals surface area contributed by atoms with Crippen molar-refractivity contribution in [2.45, 2.75) is 13.5 Å². The zero-order chi connectivity index (χ0) is 20.1. The van der Waals surface area contributed by atoms with E-state index in [0.29, 0.717) is 23.1 Å². The molecule has 0 saturated carbocycles. The lowest BCUT2D eigenvalue weighted by atomic mass is 10.1. The number of nitro groups is 1. The number of benzene rings is 2. The summed E-state index contributed by atoms with van der Waals surface area (Å²) >= 11 is 6.12. The van der Waals surface area contributed by atoms with Crippen molar-refractivity contribution >= 4 is 34.7 Å². The first-order valence-corrected chi connectivity index (χ1v) is 8.82. The number of halogens is 1. The van der Waals surface area contributed by atoms with Crippen LogP contribution in [0.3, 0.4) is 0 Å². The summed E-state index contributed by atoms with van der Waals surface area (Å²) < 4.78 is 0. The summed E-state index contributed by atoms with van der Waals surface area (Å²) in [4.78, 5) is 27.5. The van der Waals surface area contributed by atoms with Crippen LogP contribution in [0.15, 0.2) is 60.8 Å². The molecule has 0 radical (unpaired) electrons. The summed E-state index contributed by atoms with van der Waals surface area (Å²) in [5.41, 5.74) is 1.88. The lowest BCUT2D eigenvalue weighted by molar-refractivity contribution is -0.384. The van der Waals surface area contributed by atoms with E-state index in [1.807, 2.05) is 31.2 Å². The van der Waals surface area contributed by atoms with E-state index in [4.69, 9.17) is 11.6 Å². The van der Waals surface area contributed by atoms with Crippen LogP contribution in [0, 0.1) is 17.0 Å². The van der Waals surface area contributed by atoms with Gasteiger partial charge >= 0.3 is 0 Å². The summed E-state index contributed by atoms with van der Waals surface area (Å²) in [6.45, 7) is 2.13. The van der Waals surface area contributed by atoms with E-state index in [2.05, 4.69) is 15.6 Å². The fourth-order valence-corrected chi connectivity index (χ4v) is 2.80. The van der Waals surface area contributed by atoms with Crippen molar-refractivity contribution in [2.75, 3.05) is 10.6 Å². The first-order valence-electron chi connectivity index (χ1n) is 8.44. The van der Waals surface area contributed by atoms with Gasteiger partial charge in [-0.3, -0.25) is 14.9 Å². The van der Waals surface area contributed by atoms with Gasteiger partial charge in [-0.25, -0.2) is 4.98 Å². The molecule has 2 N–H and O–H groups in total. The molecule has 3 rings (SSSR count). The highest BCUT2D eigenvalue weighted by atomic mass is 35.5. The number of aromatic nitrogens is 1. The molecular weight excluding hydrogens is 380 g/mol. The van der Waals surface area contributed by atoms with Crippen molar-refractivity contribution in [1.29, 1.82) is 0 Å². The van der Waals surface area contributed by atoms with Gasteiger partial charge in [-0.2, -0.15) is 0 Å². The van der Waals surface area contributed by atoms with Gasteiger partial charge in [0.2, 0.25) is 0 Å². The van der Waals surface area contributed by atoms with Crippen molar-refractivity contribution in [3.05, 3.63) is 92.6 Å². The van der Waals surface area contributed by atoms with Gasteiger partial charge in [-0.05, 0) is 42.3 Å². The monoisotopic (exact) mass is 396 g/mol. The number of anilines is 2. The van der Waals surface area contributed by atoms with E-state index in [1.54, 1.807) is 18.3 Å². The van der Waals surface area contributed by atoms with Crippen molar-refractivity contribution < 1.29 is 9.72 Å². The lowest BCUT2D eigenvalue weighted by Gasteiger charge is -2.10. The van der Waals surface area contributed by atoms with Crippen molar-refractivity contribution in [3.8, 4) is 0 Å². The van der Waals surface area contributed by atoms with E-state index < -0.39 is 10.8 Å². The molecule has 28 heavy (non-hydrogen) atoms. The summed E-state index contributed by atoms with van der Waals surface area (Å²) in [7, 11) is 0. The van der Waals surface area contributed by atoms with Crippen LogP contribution < -0.4 is 10.6 Å². The highest BCUT2D eigenvalue weighted by molar-refractivity contribution is 6.31. The maximum atomic E-state index is 12.5. The van der Waals surface area contributed by atoms with Gasteiger partial charge in [-0.15, -0.1) is 0 Å². The molecule has 0 saturated heterocycles. The number of nitrogens with zero attached hydrogens (tertiary/aromatic N) is 2. The highest BCUT2D eigenvalue weighted by Gasteiger charge is 2.18. The number of rotatable bonds is 6. The van der Waals surface area contributed by atoms with Crippen LogP contribution in [-0.2, 0) is 6.54 Å². The highest BCUT2D eigenvalue weighted by Crippen LogP contribution is 2.27. The Labute approximate surface area is 166 Å². The third kappa shape index (κ3) is 4.44. The minimum Gasteiger partial charge on any atom is -0.375 e. The second-order valence-corrected chi connectivity index (χ2v) is 6.46. The largest absolute Gasteiger partial charge is 0.375 e. The van der Waals surface area contributed by atoms with Crippen LogP contribution in [-0.4, -0.2) is 15.8 Å². The van der Waals surface area contributed by atoms with Gasteiger partial charge in [0, 0.05) is 29.4 Å². The zero-order valence-electron chi connectivity index (χ0n) is 15.0. The molecule has 0 aliphatic heterocycles. The van der Waals surface area contributed by atoms with Gasteiger partial charge in [0.25, 0.3) is 11.6 Å². The average molecular weight is 397 g/mol. The molecule has 0 fully saturated rings. The van der Waals surface area contributed by atoms with Gasteiger partial charge in [0.1, 0.15) is 11.5 Å². The van der Waals surface area contributed by atoms with Crippen molar-refractivity contribution in [1.82, 2.24) is 4.98 Å². The quantitative estimate of drug-likeness (QED) is 0.460. The standard InChI is InChI=1S/C20H17ClN4O3/c1-13-5-4-10-22-19(13)24-20(26)14-8-9-17(18(11-14)25(27)28)23-12-15-6-2-3-7-16(15)21/h2-11,23H,12H2,1H3,(H,22,24,26). The van der Waals surface area contributed by atoms with Crippen LogP contribution in [0.2, 0.25) is 5.02 Å². The van der Waals surface area contributed by atoms with Gasteiger partial charge < -0.3 is 10.6 Å². The maximum Gasteiger partial charge on any atom is 0.293 e. The molecule has 0 unspecified atom stereocenters. The first kappa shape index (κ1) is 19.3. The molecule has 1 amide bonds. The third-order valence-electron chi connectivity index (χ3n) is 4.13. The normalized spacial score (nSPS) is 10.4. The van der Waals surface area contributed by atoms with Crippen LogP contribution in [0.5, 0.6) is 0 Å². The molecule has 142 valence electrons.